The number of para-hydroxylation sites is 1. The molecule has 3 nitrogen and oxygen atoms in total. The molecule has 1 heterocycles. The molecule has 1 aromatic heterocycles. The van der Waals surface area contributed by atoms with Gasteiger partial charge in [-0.1, -0.05) is 51.1 Å². The van der Waals surface area contributed by atoms with E-state index in [2.05, 4.69) is 31.1 Å². The van der Waals surface area contributed by atoms with Crippen LogP contribution in [0.5, 0.6) is 0 Å². The molecule has 0 aliphatic carbocycles. The van der Waals surface area contributed by atoms with E-state index in [0.29, 0.717) is 11.3 Å². The molecule has 0 aliphatic rings. The molecule has 2 aromatic carbocycles. The van der Waals surface area contributed by atoms with E-state index in [1.807, 2.05) is 54.6 Å². The fourth-order valence-electron chi connectivity index (χ4n) is 2.47. The molecule has 116 valence electrons. The molecular formula is C20H20N2O. The molecule has 0 saturated carbocycles. The Kier molecular flexibility index (Phi) is 3.87. The third-order valence-electron chi connectivity index (χ3n) is 3.84. The highest BCUT2D eigenvalue weighted by Crippen LogP contribution is 2.23. The maximum absolute atomic E-state index is 12.5. The average Bonchev–Trinajstić information content (AvgIpc) is 2.54. The van der Waals surface area contributed by atoms with Crippen LogP contribution in [0.4, 0.5) is 5.69 Å². The number of nitrogens with one attached hydrogen (secondary N) is 1. The Balaban J connectivity index is 1.86. The summed E-state index contributed by atoms with van der Waals surface area (Å²) in [6, 6.07) is 17.5. The lowest BCUT2D eigenvalue weighted by molar-refractivity contribution is 0.102. The predicted octanol–water partition coefficient (Wildman–Crippen LogP) is 4.78. The number of aromatic nitrogens is 1. The van der Waals surface area contributed by atoms with Crippen molar-refractivity contribution >= 4 is 22.5 Å². The van der Waals surface area contributed by atoms with Crippen LogP contribution in [0.1, 0.15) is 36.7 Å². The average molecular weight is 304 g/mol. The number of hydrogen-bond donors (Lipinski definition) is 1. The van der Waals surface area contributed by atoms with Crippen molar-refractivity contribution in [2.75, 3.05) is 5.32 Å². The van der Waals surface area contributed by atoms with Crippen molar-refractivity contribution in [1.82, 2.24) is 4.98 Å². The first-order valence-corrected chi connectivity index (χ1v) is 7.70. The van der Waals surface area contributed by atoms with E-state index in [-0.39, 0.29) is 11.3 Å². The second-order valence-electron chi connectivity index (χ2n) is 6.70. The number of benzene rings is 2. The molecule has 0 fully saturated rings. The minimum absolute atomic E-state index is 0.0147. The van der Waals surface area contributed by atoms with Crippen LogP contribution in [0, 0.1) is 0 Å². The first-order chi connectivity index (χ1) is 10.9. The summed E-state index contributed by atoms with van der Waals surface area (Å²) in [6.07, 6.45) is 1.69. The van der Waals surface area contributed by atoms with Gasteiger partial charge in [0.15, 0.2) is 0 Å². The third kappa shape index (κ3) is 3.39. The number of carbonyl (C=O) groups excluding carboxylic acids is 1. The molecular weight excluding hydrogens is 284 g/mol. The fraction of sp³-hybridized carbons (Fsp3) is 0.200. The van der Waals surface area contributed by atoms with Gasteiger partial charge in [0.25, 0.3) is 5.91 Å². The maximum Gasteiger partial charge on any atom is 0.255 e. The normalized spacial score (nSPS) is 11.4. The second-order valence-corrected chi connectivity index (χ2v) is 6.70. The highest BCUT2D eigenvalue weighted by Gasteiger charge is 2.15. The van der Waals surface area contributed by atoms with E-state index < -0.39 is 0 Å². The molecule has 1 N–H and O–H groups in total. The van der Waals surface area contributed by atoms with Gasteiger partial charge in [0.2, 0.25) is 0 Å². The summed E-state index contributed by atoms with van der Waals surface area (Å²) in [7, 11) is 0. The Hall–Kier alpha value is -2.68. The quantitative estimate of drug-likeness (QED) is 0.740. The van der Waals surface area contributed by atoms with Gasteiger partial charge < -0.3 is 5.32 Å². The molecule has 0 bridgehead atoms. The van der Waals surface area contributed by atoms with E-state index in [0.717, 1.165) is 16.5 Å². The zero-order valence-corrected chi connectivity index (χ0v) is 13.6. The van der Waals surface area contributed by atoms with Gasteiger partial charge in [-0.25, -0.2) is 0 Å². The van der Waals surface area contributed by atoms with Gasteiger partial charge in [-0.3, -0.25) is 9.78 Å². The van der Waals surface area contributed by atoms with Crippen LogP contribution in [0.15, 0.2) is 60.8 Å². The van der Waals surface area contributed by atoms with Crippen molar-refractivity contribution in [1.29, 1.82) is 0 Å². The zero-order valence-electron chi connectivity index (χ0n) is 13.6. The van der Waals surface area contributed by atoms with Gasteiger partial charge in [0, 0.05) is 10.9 Å². The Labute approximate surface area is 136 Å². The zero-order chi connectivity index (χ0) is 16.4. The summed E-state index contributed by atoms with van der Waals surface area (Å²) < 4.78 is 0. The molecule has 0 spiro atoms. The monoisotopic (exact) mass is 304 g/mol. The van der Waals surface area contributed by atoms with Crippen LogP contribution in [-0.4, -0.2) is 10.9 Å². The molecule has 0 unspecified atom stereocenters. The Bertz CT molecular complexity index is 863. The number of nitrogens with zero attached hydrogens (tertiary/aromatic N) is 1. The number of hydrogen-bond acceptors (Lipinski definition) is 2. The van der Waals surface area contributed by atoms with Crippen molar-refractivity contribution in [2.24, 2.45) is 0 Å². The van der Waals surface area contributed by atoms with E-state index in [1.54, 1.807) is 6.20 Å². The lowest BCUT2D eigenvalue weighted by atomic mass is 9.86. The van der Waals surface area contributed by atoms with Crippen molar-refractivity contribution in [2.45, 2.75) is 26.2 Å². The highest BCUT2D eigenvalue weighted by molar-refractivity contribution is 6.05. The molecule has 0 radical (unpaired) electrons. The molecule has 0 atom stereocenters. The summed E-state index contributed by atoms with van der Waals surface area (Å²) >= 11 is 0. The third-order valence-corrected chi connectivity index (χ3v) is 3.84. The highest BCUT2D eigenvalue weighted by atomic mass is 16.1. The van der Waals surface area contributed by atoms with Crippen LogP contribution in [-0.2, 0) is 5.41 Å². The van der Waals surface area contributed by atoms with Crippen LogP contribution < -0.4 is 5.32 Å². The number of carbonyl (C=O) groups is 1. The smallest absolute Gasteiger partial charge is 0.255 e. The van der Waals surface area contributed by atoms with E-state index >= 15 is 0 Å². The summed E-state index contributed by atoms with van der Waals surface area (Å²) in [4.78, 5) is 16.9. The van der Waals surface area contributed by atoms with Crippen LogP contribution in [0.2, 0.25) is 0 Å². The van der Waals surface area contributed by atoms with Gasteiger partial charge in [0.05, 0.1) is 17.4 Å². The minimum Gasteiger partial charge on any atom is -0.321 e. The first-order valence-electron chi connectivity index (χ1n) is 7.70. The number of anilines is 1. The van der Waals surface area contributed by atoms with Gasteiger partial charge in [-0.15, -0.1) is 0 Å². The second kappa shape index (κ2) is 5.84. The van der Waals surface area contributed by atoms with Crippen LogP contribution in [0.3, 0.4) is 0 Å². The SMILES string of the molecule is CC(C)(C)c1cccc(C(=O)Nc2cnc3ccccc3c2)c1. The largest absolute Gasteiger partial charge is 0.321 e. The molecule has 3 rings (SSSR count). The van der Waals surface area contributed by atoms with Crippen LogP contribution in [0.25, 0.3) is 10.9 Å². The Morgan fingerprint density at radius 3 is 2.57 bits per heavy atom. The summed E-state index contributed by atoms with van der Waals surface area (Å²) in [5.74, 6) is -0.117. The van der Waals surface area contributed by atoms with Gasteiger partial charge in [-0.05, 0) is 35.2 Å². The van der Waals surface area contributed by atoms with E-state index in [9.17, 15) is 4.79 Å². The lowest BCUT2D eigenvalue weighted by Crippen LogP contribution is -2.15. The number of amides is 1. The van der Waals surface area contributed by atoms with Crippen molar-refractivity contribution in [3.05, 3.63) is 71.9 Å². The van der Waals surface area contributed by atoms with Crippen molar-refractivity contribution in [3.63, 3.8) is 0 Å². The van der Waals surface area contributed by atoms with E-state index in [1.165, 1.54) is 0 Å². The van der Waals surface area contributed by atoms with Crippen molar-refractivity contribution in [3.8, 4) is 0 Å². The molecule has 0 saturated heterocycles. The lowest BCUT2D eigenvalue weighted by Gasteiger charge is -2.19. The Morgan fingerprint density at radius 1 is 1.00 bits per heavy atom. The minimum atomic E-state index is -0.117. The predicted molar refractivity (Wildman–Crippen MR) is 94.8 cm³/mol. The number of fused-ring (bicyclic) bond motifs is 1. The molecule has 0 aliphatic heterocycles. The topological polar surface area (TPSA) is 42.0 Å². The number of pyridine rings is 1. The molecule has 3 aromatic rings. The van der Waals surface area contributed by atoms with Crippen LogP contribution >= 0.6 is 0 Å². The number of rotatable bonds is 2. The molecule has 3 heteroatoms. The van der Waals surface area contributed by atoms with Gasteiger partial charge in [0.1, 0.15) is 0 Å². The van der Waals surface area contributed by atoms with Crippen molar-refractivity contribution < 1.29 is 4.79 Å². The molecule has 1 amide bonds. The summed E-state index contributed by atoms with van der Waals surface area (Å²) in [5, 5.41) is 3.94. The first kappa shape index (κ1) is 15.2. The Morgan fingerprint density at radius 2 is 1.78 bits per heavy atom. The van der Waals surface area contributed by atoms with Gasteiger partial charge >= 0.3 is 0 Å². The standard InChI is InChI=1S/C20H20N2O/c1-20(2,3)16-9-6-8-15(11-16)19(23)22-17-12-14-7-4-5-10-18(14)21-13-17/h4-13H,1-3H3,(H,22,23). The summed E-state index contributed by atoms with van der Waals surface area (Å²) in [5.41, 5.74) is 3.43. The maximum atomic E-state index is 12.5. The summed E-state index contributed by atoms with van der Waals surface area (Å²) in [6.45, 7) is 6.41. The van der Waals surface area contributed by atoms with E-state index in [4.69, 9.17) is 0 Å². The van der Waals surface area contributed by atoms with Gasteiger partial charge in [-0.2, -0.15) is 0 Å². The fourth-order valence-corrected chi connectivity index (χ4v) is 2.47. The molecule has 23 heavy (non-hydrogen) atoms.